The zero-order chi connectivity index (χ0) is 20.6. The minimum absolute atomic E-state index is 0.139. The van der Waals surface area contributed by atoms with Gasteiger partial charge in [-0.2, -0.15) is 14.9 Å². The first-order chi connectivity index (χ1) is 13.8. The average molecular weight is 409 g/mol. The van der Waals surface area contributed by atoms with E-state index in [1.807, 2.05) is 42.5 Å². The molecule has 0 unspecified atom stereocenters. The summed E-state index contributed by atoms with van der Waals surface area (Å²) >= 11 is 0. The lowest BCUT2D eigenvalue weighted by Gasteiger charge is -2.11. The van der Waals surface area contributed by atoms with Crippen molar-refractivity contribution in [2.75, 3.05) is 5.75 Å². The molecule has 0 atom stereocenters. The molecule has 2 heterocycles. The van der Waals surface area contributed by atoms with Gasteiger partial charge in [-0.1, -0.05) is 36.4 Å². The standard InChI is InChI=1S/C20H19N5O3S/c1-24-13-16(12-22-24)25-20(26)18-8-3-2-7-17(18)19(23-25)15-6-4-5-14(11-15)9-10-29(21,27)28/h2-8,11-13H,9-10H2,1H3,(H2,21,27,28). The van der Waals surface area contributed by atoms with E-state index in [4.69, 9.17) is 5.14 Å². The first-order valence-corrected chi connectivity index (χ1v) is 10.6. The second-order valence-corrected chi connectivity index (χ2v) is 8.53. The van der Waals surface area contributed by atoms with Crippen molar-refractivity contribution in [2.24, 2.45) is 12.2 Å². The predicted molar refractivity (Wildman–Crippen MR) is 111 cm³/mol. The summed E-state index contributed by atoms with van der Waals surface area (Å²) in [5.41, 5.74) is 2.56. The van der Waals surface area contributed by atoms with Crippen LogP contribution < -0.4 is 10.7 Å². The maximum absolute atomic E-state index is 13.0. The molecule has 0 bridgehead atoms. The van der Waals surface area contributed by atoms with Gasteiger partial charge in [-0.05, 0) is 24.1 Å². The van der Waals surface area contributed by atoms with E-state index in [0.29, 0.717) is 23.2 Å². The predicted octanol–water partition coefficient (Wildman–Crippen LogP) is 1.62. The van der Waals surface area contributed by atoms with E-state index in [1.54, 1.807) is 30.2 Å². The molecule has 8 nitrogen and oxygen atoms in total. The number of aryl methyl sites for hydroxylation is 2. The van der Waals surface area contributed by atoms with Crippen molar-refractivity contribution >= 4 is 20.8 Å². The summed E-state index contributed by atoms with van der Waals surface area (Å²) in [6.07, 6.45) is 3.60. The van der Waals surface area contributed by atoms with Gasteiger partial charge in [0.05, 0.1) is 29.2 Å². The third-order valence-corrected chi connectivity index (χ3v) is 5.39. The second-order valence-electron chi connectivity index (χ2n) is 6.80. The Labute approximate surface area is 167 Å². The van der Waals surface area contributed by atoms with Crippen molar-refractivity contribution in [3.8, 4) is 16.9 Å². The van der Waals surface area contributed by atoms with Crippen LogP contribution in [0, 0.1) is 0 Å². The van der Waals surface area contributed by atoms with E-state index in [-0.39, 0.29) is 11.3 Å². The summed E-state index contributed by atoms with van der Waals surface area (Å²) in [6.45, 7) is 0. The Morgan fingerprint density at radius 3 is 2.52 bits per heavy atom. The number of hydrogen-bond acceptors (Lipinski definition) is 5. The Morgan fingerprint density at radius 1 is 1.07 bits per heavy atom. The van der Waals surface area contributed by atoms with Crippen LogP contribution in [0.25, 0.3) is 27.7 Å². The van der Waals surface area contributed by atoms with Gasteiger partial charge in [0.2, 0.25) is 10.0 Å². The lowest BCUT2D eigenvalue weighted by Crippen LogP contribution is -2.22. The average Bonchev–Trinajstić information content (AvgIpc) is 3.13. The van der Waals surface area contributed by atoms with Crippen LogP contribution in [0.5, 0.6) is 0 Å². The van der Waals surface area contributed by atoms with Gasteiger partial charge in [0.25, 0.3) is 5.56 Å². The van der Waals surface area contributed by atoms with Gasteiger partial charge >= 0.3 is 0 Å². The number of hydrogen-bond donors (Lipinski definition) is 1. The highest BCUT2D eigenvalue weighted by atomic mass is 32.2. The molecule has 0 saturated carbocycles. The quantitative estimate of drug-likeness (QED) is 0.538. The van der Waals surface area contributed by atoms with Crippen molar-refractivity contribution in [3.63, 3.8) is 0 Å². The number of primary sulfonamides is 1. The van der Waals surface area contributed by atoms with E-state index in [2.05, 4.69) is 10.2 Å². The van der Waals surface area contributed by atoms with E-state index in [0.717, 1.165) is 16.5 Å². The van der Waals surface area contributed by atoms with Crippen LogP contribution >= 0.6 is 0 Å². The number of sulfonamides is 1. The van der Waals surface area contributed by atoms with Gasteiger partial charge in [-0.15, -0.1) is 0 Å². The minimum Gasteiger partial charge on any atom is -0.274 e. The number of nitrogens with zero attached hydrogens (tertiary/aromatic N) is 4. The number of rotatable bonds is 5. The molecule has 2 aromatic heterocycles. The normalized spacial score (nSPS) is 11.8. The Balaban J connectivity index is 1.90. The van der Waals surface area contributed by atoms with Crippen molar-refractivity contribution < 1.29 is 8.42 Å². The molecular formula is C20H19N5O3S. The SMILES string of the molecule is Cn1cc(-n2nc(-c3cccc(CCS(N)(=O)=O)c3)c3ccccc3c2=O)cn1. The molecule has 2 N–H and O–H groups in total. The number of fused-ring (bicyclic) bond motifs is 1. The summed E-state index contributed by atoms with van der Waals surface area (Å²) < 4.78 is 25.5. The molecule has 4 aromatic rings. The van der Waals surface area contributed by atoms with E-state index in [9.17, 15) is 13.2 Å². The molecule has 0 amide bonds. The van der Waals surface area contributed by atoms with Gasteiger partial charge in [-0.25, -0.2) is 13.6 Å². The molecule has 0 fully saturated rings. The lowest BCUT2D eigenvalue weighted by atomic mass is 10.0. The molecule has 2 aromatic carbocycles. The fourth-order valence-corrected chi connectivity index (χ4v) is 3.75. The Kier molecular flexibility index (Phi) is 4.77. The van der Waals surface area contributed by atoms with E-state index >= 15 is 0 Å². The first kappa shape index (κ1) is 19.0. The van der Waals surface area contributed by atoms with Gasteiger partial charge < -0.3 is 0 Å². The van der Waals surface area contributed by atoms with Crippen molar-refractivity contribution in [1.82, 2.24) is 19.6 Å². The zero-order valence-corrected chi connectivity index (χ0v) is 16.5. The number of benzene rings is 2. The first-order valence-electron chi connectivity index (χ1n) is 8.93. The summed E-state index contributed by atoms with van der Waals surface area (Å²) in [7, 11) is -1.78. The van der Waals surface area contributed by atoms with Crippen molar-refractivity contribution in [1.29, 1.82) is 0 Å². The molecule has 9 heteroatoms. The molecule has 4 rings (SSSR count). The van der Waals surface area contributed by atoms with Crippen LogP contribution in [0.2, 0.25) is 0 Å². The molecule has 0 aliphatic heterocycles. The third-order valence-electron chi connectivity index (χ3n) is 4.62. The zero-order valence-electron chi connectivity index (χ0n) is 15.7. The number of nitrogens with two attached hydrogens (primary N) is 1. The molecule has 0 aliphatic carbocycles. The molecule has 0 radical (unpaired) electrons. The number of aromatic nitrogens is 4. The third kappa shape index (κ3) is 3.96. The molecule has 0 saturated heterocycles. The summed E-state index contributed by atoms with van der Waals surface area (Å²) in [5.74, 6) is -0.139. The molecule has 0 aliphatic rings. The summed E-state index contributed by atoms with van der Waals surface area (Å²) in [5, 5.41) is 15.1. The molecular weight excluding hydrogens is 390 g/mol. The topological polar surface area (TPSA) is 113 Å². The highest BCUT2D eigenvalue weighted by molar-refractivity contribution is 7.89. The highest BCUT2D eigenvalue weighted by Gasteiger charge is 2.14. The largest absolute Gasteiger partial charge is 0.279 e. The van der Waals surface area contributed by atoms with E-state index in [1.165, 1.54) is 4.68 Å². The van der Waals surface area contributed by atoms with Crippen LogP contribution in [-0.2, 0) is 23.5 Å². The summed E-state index contributed by atoms with van der Waals surface area (Å²) in [6, 6.07) is 14.7. The highest BCUT2D eigenvalue weighted by Crippen LogP contribution is 2.26. The molecule has 0 spiro atoms. The minimum atomic E-state index is -3.55. The smallest absolute Gasteiger partial charge is 0.274 e. The van der Waals surface area contributed by atoms with Gasteiger partial charge in [0.15, 0.2) is 0 Å². The maximum atomic E-state index is 13.0. The maximum Gasteiger partial charge on any atom is 0.279 e. The fourth-order valence-electron chi connectivity index (χ4n) is 3.23. The monoisotopic (exact) mass is 409 g/mol. The lowest BCUT2D eigenvalue weighted by molar-refractivity contribution is 0.597. The Morgan fingerprint density at radius 2 is 1.83 bits per heavy atom. The van der Waals surface area contributed by atoms with Crippen LogP contribution in [0.15, 0.2) is 65.7 Å². The van der Waals surface area contributed by atoms with Gasteiger partial charge in [0.1, 0.15) is 5.69 Å². The van der Waals surface area contributed by atoms with Gasteiger partial charge in [0, 0.05) is 18.0 Å². The molecule has 148 valence electrons. The van der Waals surface area contributed by atoms with Crippen LogP contribution in [0.3, 0.4) is 0 Å². The van der Waals surface area contributed by atoms with E-state index < -0.39 is 10.0 Å². The molecule has 29 heavy (non-hydrogen) atoms. The van der Waals surface area contributed by atoms with Crippen molar-refractivity contribution in [3.05, 3.63) is 76.8 Å². The van der Waals surface area contributed by atoms with Crippen LogP contribution in [0.4, 0.5) is 0 Å². The Hall–Kier alpha value is -3.30. The van der Waals surface area contributed by atoms with Crippen LogP contribution in [-0.4, -0.2) is 33.7 Å². The van der Waals surface area contributed by atoms with Gasteiger partial charge in [-0.3, -0.25) is 9.48 Å². The summed E-state index contributed by atoms with van der Waals surface area (Å²) in [4.78, 5) is 13.0. The fraction of sp³-hybridized carbons (Fsp3) is 0.150. The Bertz CT molecular complexity index is 1370. The van der Waals surface area contributed by atoms with Crippen LogP contribution in [0.1, 0.15) is 5.56 Å². The second kappa shape index (κ2) is 7.26. The van der Waals surface area contributed by atoms with Crippen molar-refractivity contribution in [2.45, 2.75) is 6.42 Å².